The number of H-pyrrole nitrogens is 1. The van der Waals surface area contributed by atoms with Crippen LogP contribution in [-0.4, -0.2) is 39.5 Å². The standard InChI is InChI=1S/C22H23FN4O3/c1-26(22(28)19-8-4-5-9-21(19)27(29)30)14-6-2-3-7-18-15-20(25-24-18)16-10-12-17(23)13-11-16/h4-5,8-13,15H,2-3,6-7,14H2,1H3,(H,24,25). The number of nitrogens with one attached hydrogen (secondary N) is 1. The number of hydrogen-bond donors (Lipinski definition) is 1. The minimum absolute atomic E-state index is 0.107. The van der Waals surface area contributed by atoms with Gasteiger partial charge in [-0.15, -0.1) is 0 Å². The van der Waals surface area contributed by atoms with Crippen LogP contribution in [0.2, 0.25) is 0 Å². The van der Waals surface area contributed by atoms with Crippen molar-refractivity contribution in [3.63, 3.8) is 0 Å². The quantitative estimate of drug-likeness (QED) is 0.317. The average Bonchev–Trinajstić information content (AvgIpc) is 3.22. The zero-order chi connectivity index (χ0) is 21.5. The summed E-state index contributed by atoms with van der Waals surface area (Å²) in [5, 5.41) is 18.4. The highest BCUT2D eigenvalue weighted by atomic mass is 19.1. The number of aryl methyl sites for hydroxylation is 1. The lowest BCUT2D eigenvalue weighted by molar-refractivity contribution is -0.385. The molecule has 0 unspecified atom stereocenters. The van der Waals surface area contributed by atoms with E-state index in [-0.39, 0.29) is 23.0 Å². The molecule has 0 aliphatic heterocycles. The van der Waals surface area contributed by atoms with E-state index in [0.717, 1.165) is 42.6 Å². The summed E-state index contributed by atoms with van der Waals surface area (Å²) in [5.41, 5.74) is 2.56. The molecule has 8 heteroatoms. The Hall–Kier alpha value is -3.55. The third-order valence-electron chi connectivity index (χ3n) is 4.89. The number of amides is 1. The minimum Gasteiger partial charge on any atom is -0.341 e. The largest absolute Gasteiger partial charge is 0.341 e. The van der Waals surface area contributed by atoms with Crippen molar-refractivity contribution in [1.29, 1.82) is 0 Å². The molecular weight excluding hydrogens is 387 g/mol. The van der Waals surface area contributed by atoms with Gasteiger partial charge < -0.3 is 4.90 Å². The maximum absolute atomic E-state index is 13.0. The molecule has 1 N–H and O–H groups in total. The first kappa shape index (κ1) is 21.2. The van der Waals surface area contributed by atoms with Crippen LogP contribution >= 0.6 is 0 Å². The molecule has 0 bridgehead atoms. The zero-order valence-corrected chi connectivity index (χ0v) is 16.7. The monoisotopic (exact) mass is 410 g/mol. The Kier molecular flexibility index (Phi) is 6.90. The molecule has 7 nitrogen and oxygen atoms in total. The summed E-state index contributed by atoms with van der Waals surface area (Å²) >= 11 is 0. The van der Waals surface area contributed by atoms with Gasteiger partial charge in [0.25, 0.3) is 11.6 Å². The van der Waals surface area contributed by atoms with Crippen molar-refractivity contribution >= 4 is 11.6 Å². The van der Waals surface area contributed by atoms with Gasteiger partial charge >= 0.3 is 0 Å². The van der Waals surface area contributed by atoms with E-state index in [1.54, 1.807) is 31.3 Å². The molecule has 0 aliphatic rings. The smallest absolute Gasteiger partial charge is 0.282 e. The Morgan fingerprint density at radius 1 is 1.13 bits per heavy atom. The van der Waals surface area contributed by atoms with E-state index in [1.165, 1.54) is 29.2 Å². The first-order valence-corrected chi connectivity index (χ1v) is 9.75. The van der Waals surface area contributed by atoms with Crippen LogP contribution in [0.5, 0.6) is 0 Å². The summed E-state index contributed by atoms with van der Waals surface area (Å²) in [6.45, 7) is 0.523. The van der Waals surface area contributed by atoms with Crippen LogP contribution in [0, 0.1) is 15.9 Å². The van der Waals surface area contributed by atoms with Crippen LogP contribution in [0.25, 0.3) is 11.3 Å². The van der Waals surface area contributed by atoms with Gasteiger partial charge in [-0.2, -0.15) is 5.10 Å². The Labute approximate surface area is 173 Å². The third-order valence-corrected chi connectivity index (χ3v) is 4.89. The number of aromatic amines is 1. The number of halogens is 1. The number of para-hydroxylation sites is 1. The maximum Gasteiger partial charge on any atom is 0.282 e. The first-order valence-electron chi connectivity index (χ1n) is 9.75. The van der Waals surface area contributed by atoms with Crippen LogP contribution in [0.15, 0.2) is 54.6 Å². The van der Waals surface area contributed by atoms with E-state index >= 15 is 0 Å². The summed E-state index contributed by atoms with van der Waals surface area (Å²) in [7, 11) is 1.66. The van der Waals surface area contributed by atoms with Crippen LogP contribution < -0.4 is 0 Å². The highest BCUT2D eigenvalue weighted by molar-refractivity contribution is 5.97. The first-order chi connectivity index (χ1) is 14.5. The Bertz CT molecular complexity index is 1020. The van der Waals surface area contributed by atoms with Crippen LogP contribution in [0.3, 0.4) is 0 Å². The molecular formula is C22H23FN4O3. The van der Waals surface area contributed by atoms with Crippen molar-refractivity contribution in [1.82, 2.24) is 15.1 Å². The Morgan fingerprint density at radius 2 is 1.87 bits per heavy atom. The van der Waals surface area contributed by atoms with Gasteiger partial charge in [-0.05, 0) is 55.7 Å². The minimum atomic E-state index is -0.536. The number of rotatable bonds is 9. The fourth-order valence-electron chi connectivity index (χ4n) is 3.22. The normalized spacial score (nSPS) is 10.7. The summed E-state index contributed by atoms with van der Waals surface area (Å²) in [5.74, 6) is -0.625. The predicted molar refractivity (Wildman–Crippen MR) is 112 cm³/mol. The fourth-order valence-corrected chi connectivity index (χ4v) is 3.22. The number of benzene rings is 2. The van der Waals surface area contributed by atoms with E-state index in [0.29, 0.717) is 6.54 Å². The Balaban J connectivity index is 1.44. The van der Waals surface area contributed by atoms with E-state index < -0.39 is 4.92 Å². The van der Waals surface area contributed by atoms with E-state index in [2.05, 4.69) is 10.2 Å². The van der Waals surface area contributed by atoms with Gasteiger partial charge in [0.1, 0.15) is 11.4 Å². The lowest BCUT2D eigenvalue weighted by Gasteiger charge is -2.17. The van der Waals surface area contributed by atoms with Gasteiger partial charge in [-0.1, -0.05) is 18.6 Å². The third kappa shape index (κ3) is 5.28. The van der Waals surface area contributed by atoms with E-state index in [4.69, 9.17) is 0 Å². The molecule has 0 aliphatic carbocycles. The lowest BCUT2D eigenvalue weighted by atomic mass is 10.1. The number of hydrogen-bond acceptors (Lipinski definition) is 4. The summed E-state index contributed by atoms with van der Waals surface area (Å²) < 4.78 is 13.0. The molecule has 0 atom stereocenters. The predicted octanol–water partition coefficient (Wildman–Crippen LogP) is 4.61. The van der Waals surface area contributed by atoms with Gasteiger partial charge in [0.2, 0.25) is 0 Å². The number of nitro groups is 1. The Morgan fingerprint density at radius 3 is 2.60 bits per heavy atom. The van der Waals surface area contributed by atoms with Crippen molar-refractivity contribution in [2.24, 2.45) is 0 Å². The number of aromatic nitrogens is 2. The van der Waals surface area contributed by atoms with Crippen molar-refractivity contribution in [2.75, 3.05) is 13.6 Å². The van der Waals surface area contributed by atoms with Crippen molar-refractivity contribution in [3.05, 3.63) is 81.8 Å². The second-order valence-electron chi connectivity index (χ2n) is 7.10. The molecule has 1 heterocycles. The average molecular weight is 410 g/mol. The molecule has 1 amide bonds. The van der Waals surface area contributed by atoms with Crippen LogP contribution in [0.1, 0.15) is 35.3 Å². The summed E-state index contributed by atoms with van der Waals surface area (Å²) in [6.07, 6.45) is 3.43. The van der Waals surface area contributed by atoms with Crippen molar-refractivity contribution in [2.45, 2.75) is 25.7 Å². The van der Waals surface area contributed by atoms with Gasteiger partial charge in [0.05, 0.1) is 10.6 Å². The maximum atomic E-state index is 13.0. The van der Waals surface area contributed by atoms with E-state index in [9.17, 15) is 19.3 Å². The summed E-state index contributed by atoms with van der Waals surface area (Å²) in [4.78, 5) is 24.6. The highest BCUT2D eigenvalue weighted by Gasteiger charge is 2.21. The highest BCUT2D eigenvalue weighted by Crippen LogP contribution is 2.20. The topological polar surface area (TPSA) is 92.1 Å². The SMILES string of the molecule is CN(CCCCCc1cc(-c2ccc(F)cc2)n[nH]1)C(=O)c1ccccc1[N+](=O)[O-]. The van der Waals surface area contributed by atoms with Gasteiger partial charge in [-0.3, -0.25) is 20.0 Å². The molecule has 30 heavy (non-hydrogen) atoms. The van der Waals surface area contributed by atoms with Crippen molar-refractivity contribution in [3.8, 4) is 11.3 Å². The molecule has 3 rings (SSSR count). The molecule has 1 aromatic heterocycles. The second kappa shape index (κ2) is 9.78. The molecule has 0 fully saturated rings. The van der Waals surface area contributed by atoms with Crippen LogP contribution in [-0.2, 0) is 6.42 Å². The fraction of sp³-hybridized carbons (Fsp3) is 0.273. The molecule has 2 aromatic carbocycles. The van der Waals surface area contributed by atoms with Crippen LogP contribution in [0.4, 0.5) is 10.1 Å². The molecule has 3 aromatic rings. The number of nitro benzene ring substituents is 1. The number of carbonyl (C=O) groups is 1. The van der Waals surface area contributed by atoms with Crippen molar-refractivity contribution < 1.29 is 14.1 Å². The second-order valence-corrected chi connectivity index (χ2v) is 7.10. The molecule has 0 saturated carbocycles. The lowest BCUT2D eigenvalue weighted by Crippen LogP contribution is -2.28. The number of nitrogens with zero attached hydrogens (tertiary/aromatic N) is 3. The zero-order valence-electron chi connectivity index (χ0n) is 16.7. The molecule has 0 spiro atoms. The molecule has 0 saturated heterocycles. The molecule has 0 radical (unpaired) electrons. The van der Waals surface area contributed by atoms with Gasteiger partial charge in [0, 0.05) is 30.9 Å². The summed E-state index contributed by atoms with van der Waals surface area (Å²) in [6, 6.07) is 14.1. The number of carbonyl (C=O) groups excluding carboxylic acids is 1. The molecule has 156 valence electrons. The van der Waals surface area contributed by atoms with E-state index in [1.807, 2.05) is 6.07 Å². The van der Waals surface area contributed by atoms with Gasteiger partial charge in [0.15, 0.2) is 0 Å². The number of unbranched alkanes of at least 4 members (excludes halogenated alkanes) is 2. The van der Waals surface area contributed by atoms with Gasteiger partial charge in [-0.25, -0.2) is 4.39 Å².